The van der Waals surface area contributed by atoms with E-state index in [9.17, 15) is 4.79 Å². The highest BCUT2D eigenvalue weighted by Gasteiger charge is 2.00. The van der Waals surface area contributed by atoms with Crippen LogP contribution in [0.5, 0.6) is 0 Å². The van der Waals surface area contributed by atoms with Crippen molar-refractivity contribution in [3.8, 4) is 0 Å². The molecule has 1 aromatic heterocycles. The van der Waals surface area contributed by atoms with Crippen LogP contribution >= 0.6 is 27.3 Å². The molecule has 2 nitrogen and oxygen atoms in total. The fourth-order valence-corrected chi connectivity index (χ4v) is 1.83. The lowest BCUT2D eigenvalue weighted by atomic mass is 10.3. The van der Waals surface area contributed by atoms with Gasteiger partial charge in [0.2, 0.25) is 0 Å². The van der Waals surface area contributed by atoms with E-state index in [0.29, 0.717) is 5.58 Å². The summed E-state index contributed by atoms with van der Waals surface area (Å²) in [6.07, 6.45) is 0. The highest BCUT2D eigenvalue weighted by atomic mass is 79.9. The van der Waals surface area contributed by atoms with Gasteiger partial charge in [0, 0.05) is 4.47 Å². The molecule has 0 N–H and O–H groups in total. The standard InChI is InChI=1S/C7H3BrO2S/c8-4-1-2-6-5(3-4)10-7(9)11-6/h1-3H. The summed E-state index contributed by atoms with van der Waals surface area (Å²) < 4.78 is 6.69. The Balaban J connectivity index is 2.92. The first-order valence-electron chi connectivity index (χ1n) is 2.95. The normalized spacial score (nSPS) is 10.6. The Morgan fingerprint density at radius 2 is 2.27 bits per heavy atom. The van der Waals surface area contributed by atoms with Gasteiger partial charge in [-0.1, -0.05) is 27.3 Å². The number of hydrogen-bond donors (Lipinski definition) is 0. The molecule has 0 fully saturated rings. The molecule has 2 aromatic rings. The largest absolute Gasteiger partial charge is 0.414 e. The third kappa shape index (κ3) is 1.23. The first-order chi connectivity index (χ1) is 5.25. The van der Waals surface area contributed by atoms with Crippen molar-refractivity contribution in [3.05, 3.63) is 32.4 Å². The van der Waals surface area contributed by atoms with Crippen LogP contribution in [0.3, 0.4) is 0 Å². The van der Waals surface area contributed by atoms with Gasteiger partial charge in [-0.25, -0.2) is 4.79 Å². The van der Waals surface area contributed by atoms with E-state index in [1.807, 2.05) is 12.1 Å². The van der Waals surface area contributed by atoms with E-state index in [2.05, 4.69) is 15.9 Å². The molecule has 0 radical (unpaired) electrons. The summed E-state index contributed by atoms with van der Waals surface area (Å²) in [4.78, 5) is 10.5. The Morgan fingerprint density at radius 3 is 3.09 bits per heavy atom. The topological polar surface area (TPSA) is 30.2 Å². The highest BCUT2D eigenvalue weighted by Crippen LogP contribution is 2.20. The predicted octanol–water partition coefficient (Wildman–Crippen LogP) is 2.62. The molecule has 56 valence electrons. The van der Waals surface area contributed by atoms with Gasteiger partial charge in [0.25, 0.3) is 0 Å². The van der Waals surface area contributed by atoms with Crippen LogP contribution in [0.4, 0.5) is 0 Å². The SMILES string of the molecule is O=c1oc2cc(Br)ccc2s1. The van der Waals surface area contributed by atoms with Crippen molar-refractivity contribution in [3.63, 3.8) is 0 Å². The van der Waals surface area contributed by atoms with E-state index in [-0.39, 0.29) is 4.94 Å². The van der Waals surface area contributed by atoms with Gasteiger partial charge >= 0.3 is 4.94 Å². The number of hydrogen-bond acceptors (Lipinski definition) is 3. The molecule has 0 aliphatic carbocycles. The zero-order chi connectivity index (χ0) is 7.84. The van der Waals surface area contributed by atoms with Crippen LogP contribution in [0.2, 0.25) is 0 Å². The molecule has 0 aliphatic heterocycles. The molecular formula is C7H3BrO2S. The zero-order valence-electron chi connectivity index (χ0n) is 5.33. The third-order valence-corrected chi connectivity index (χ3v) is 2.59. The van der Waals surface area contributed by atoms with Crippen LogP contribution in [0.25, 0.3) is 10.3 Å². The third-order valence-electron chi connectivity index (χ3n) is 1.29. The first-order valence-corrected chi connectivity index (χ1v) is 4.56. The minimum Gasteiger partial charge on any atom is -0.414 e. The van der Waals surface area contributed by atoms with Gasteiger partial charge < -0.3 is 4.42 Å². The van der Waals surface area contributed by atoms with Gasteiger partial charge in [0.05, 0.1) is 4.70 Å². The Bertz CT molecular complexity index is 443. The Kier molecular flexibility index (Phi) is 1.58. The van der Waals surface area contributed by atoms with Crippen molar-refractivity contribution >= 4 is 37.5 Å². The summed E-state index contributed by atoms with van der Waals surface area (Å²) in [5.41, 5.74) is 0.648. The highest BCUT2D eigenvalue weighted by molar-refractivity contribution is 9.10. The number of fused-ring (bicyclic) bond motifs is 1. The predicted molar refractivity (Wildman–Crippen MR) is 48.1 cm³/mol. The molecule has 0 aliphatic rings. The molecule has 1 heterocycles. The summed E-state index contributed by atoms with van der Waals surface area (Å²) >= 11 is 4.40. The lowest BCUT2D eigenvalue weighted by Crippen LogP contribution is -1.79. The molecule has 11 heavy (non-hydrogen) atoms. The average molecular weight is 231 g/mol. The number of halogens is 1. The summed E-state index contributed by atoms with van der Waals surface area (Å²) in [6.45, 7) is 0. The summed E-state index contributed by atoms with van der Waals surface area (Å²) in [6, 6.07) is 5.52. The lowest BCUT2D eigenvalue weighted by Gasteiger charge is -1.86. The fraction of sp³-hybridized carbons (Fsp3) is 0. The Labute approximate surface area is 74.6 Å². The molecule has 0 unspecified atom stereocenters. The van der Waals surface area contributed by atoms with Crippen LogP contribution < -0.4 is 4.94 Å². The van der Waals surface area contributed by atoms with Gasteiger partial charge in [-0.2, -0.15) is 0 Å². The second-order valence-corrected chi connectivity index (χ2v) is 3.94. The molecule has 0 bridgehead atoms. The fourth-order valence-electron chi connectivity index (χ4n) is 0.846. The van der Waals surface area contributed by atoms with Gasteiger partial charge in [0.1, 0.15) is 0 Å². The maximum Gasteiger partial charge on any atom is 0.396 e. The second kappa shape index (κ2) is 2.46. The number of benzene rings is 1. The second-order valence-electron chi connectivity index (χ2n) is 2.05. The molecule has 4 heteroatoms. The van der Waals surface area contributed by atoms with E-state index in [1.54, 1.807) is 6.07 Å². The lowest BCUT2D eigenvalue weighted by molar-refractivity contribution is 0.585. The van der Waals surface area contributed by atoms with Crippen LogP contribution in [0.15, 0.2) is 31.9 Å². The van der Waals surface area contributed by atoms with E-state index < -0.39 is 0 Å². The minimum atomic E-state index is -0.252. The van der Waals surface area contributed by atoms with Crippen molar-refractivity contribution < 1.29 is 4.42 Å². The smallest absolute Gasteiger partial charge is 0.396 e. The number of rotatable bonds is 0. The molecule has 0 saturated carbocycles. The zero-order valence-corrected chi connectivity index (χ0v) is 7.74. The van der Waals surface area contributed by atoms with Crippen molar-refractivity contribution in [2.75, 3.05) is 0 Å². The molecule has 1 aromatic carbocycles. The quantitative estimate of drug-likeness (QED) is 0.697. The van der Waals surface area contributed by atoms with Crippen LogP contribution in [0.1, 0.15) is 0 Å². The molecule has 0 spiro atoms. The van der Waals surface area contributed by atoms with Crippen LogP contribution in [-0.4, -0.2) is 0 Å². The van der Waals surface area contributed by atoms with E-state index >= 15 is 0 Å². The molecule has 0 saturated heterocycles. The monoisotopic (exact) mass is 230 g/mol. The van der Waals surface area contributed by atoms with Gasteiger partial charge in [-0.15, -0.1) is 0 Å². The summed E-state index contributed by atoms with van der Waals surface area (Å²) in [5, 5.41) is 0. The molecular weight excluding hydrogens is 228 g/mol. The van der Waals surface area contributed by atoms with E-state index in [1.165, 1.54) is 0 Å². The van der Waals surface area contributed by atoms with Gasteiger partial charge in [0.15, 0.2) is 5.58 Å². The molecule has 0 atom stereocenters. The summed E-state index contributed by atoms with van der Waals surface area (Å²) in [7, 11) is 0. The van der Waals surface area contributed by atoms with Gasteiger partial charge in [-0.05, 0) is 18.2 Å². The Morgan fingerprint density at radius 1 is 1.45 bits per heavy atom. The first kappa shape index (κ1) is 7.06. The van der Waals surface area contributed by atoms with E-state index in [4.69, 9.17) is 4.42 Å². The summed E-state index contributed by atoms with van der Waals surface area (Å²) in [5.74, 6) is 0. The van der Waals surface area contributed by atoms with Crippen molar-refractivity contribution in [2.24, 2.45) is 0 Å². The molecule has 2 rings (SSSR count). The van der Waals surface area contributed by atoms with Crippen LogP contribution in [0, 0.1) is 0 Å². The molecule has 0 amide bonds. The van der Waals surface area contributed by atoms with Crippen molar-refractivity contribution in [2.45, 2.75) is 0 Å². The maximum atomic E-state index is 10.7. The van der Waals surface area contributed by atoms with E-state index in [0.717, 1.165) is 20.5 Å². The minimum absolute atomic E-state index is 0.252. The Hall–Kier alpha value is -0.610. The maximum absolute atomic E-state index is 10.7. The van der Waals surface area contributed by atoms with Crippen LogP contribution in [-0.2, 0) is 0 Å². The average Bonchev–Trinajstić information content (AvgIpc) is 2.27. The van der Waals surface area contributed by atoms with Crippen molar-refractivity contribution in [1.82, 2.24) is 0 Å². The van der Waals surface area contributed by atoms with Crippen molar-refractivity contribution in [1.29, 1.82) is 0 Å². The van der Waals surface area contributed by atoms with Gasteiger partial charge in [-0.3, -0.25) is 0 Å².